The van der Waals surface area contributed by atoms with E-state index in [4.69, 9.17) is 17.5 Å². The van der Waals surface area contributed by atoms with Crippen molar-refractivity contribution in [2.75, 3.05) is 0 Å². The molecule has 0 saturated carbocycles. The summed E-state index contributed by atoms with van der Waals surface area (Å²) in [5.41, 5.74) is 0. The van der Waals surface area contributed by atoms with Gasteiger partial charge in [-0.1, -0.05) is 0 Å². The SMILES string of the molecule is O=S(=O)(O)O.[GaH3]. The molecule has 0 aliphatic rings. The molecule has 0 amide bonds. The Morgan fingerprint density at radius 2 is 1.17 bits per heavy atom. The third-order valence-corrected chi connectivity index (χ3v) is 0. The van der Waals surface area contributed by atoms with Crippen molar-refractivity contribution in [3.63, 3.8) is 0 Å². The van der Waals surface area contributed by atoms with Crippen molar-refractivity contribution in [1.82, 2.24) is 0 Å². The molecule has 0 rings (SSSR count). The van der Waals surface area contributed by atoms with Gasteiger partial charge in [-0.2, -0.15) is 8.42 Å². The molecule has 0 spiro atoms. The molecule has 0 atom stereocenters. The molecule has 0 aliphatic heterocycles. The molecule has 6 heavy (non-hydrogen) atoms. The van der Waals surface area contributed by atoms with Crippen molar-refractivity contribution >= 4 is 30.2 Å². The Morgan fingerprint density at radius 1 is 1.17 bits per heavy atom. The van der Waals surface area contributed by atoms with Crippen LogP contribution >= 0.6 is 0 Å². The number of rotatable bonds is 0. The summed E-state index contributed by atoms with van der Waals surface area (Å²) in [6, 6.07) is 0. The summed E-state index contributed by atoms with van der Waals surface area (Å²) in [5, 5.41) is 0. The van der Waals surface area contributed by atoms with Crippen LogP contribution in [-0.2, 0) is 10.4 Å². The fourth-order valence-corrected chi connectivity index (χ4v) is 0. The molecule has 6 heteroatoms. The van der Waals surface area contributed by atoms with E-state index in [0.29, 0.717) is 0 Å². The molecular formula is H5GaO4S. The monoisotopic (exact) mass is 170 g/mol. The van der Waals surface area contributed by atoms with Crippen LogP contribution in [0.15, 0.2) is 0 Å². The predicted octanol–water partition coefficient (Wildman–Crippen LogP) is -1.84. The molecule has 0 radical (unpaired) electrons. The molecule has 0 aromatic carbocycles. The molecule has 38 valence electrons. The Balaban J connectivity index is 0. The van der Waals surface area contributed by atoms with Gasteiger partial charge in [-0.05, 0) is 0 Å². The van der Waals surface area contributed by atoms with Gasteiger partial charge in [0.05, 0.1) is 0 Å². The summed E-state index contributed by atoms with van der Waals surface area (Å²) in [4.78, 5) is 0. The van der Waals surface area contributed by atoms with Crippen LogP contribution in [0.4, 0.5) is 0 Å². The molecule has 0 aromatic rings. The van der Waals surface area contributed by atoms with E-state index in [1.807, 2.05) is 0 Å². The minimum absolute atomic E-state index is 0. The fourth-order valence-electron chi connectivity index (χ4n) is 0. The van der Waals surface area contributed by atoms with Gasteiger partial charge in [0, 0.05) is 0 Å². The van der Waals surface area contributed by atoms with E-state index in [9.17, 15) is 0 Å². The Labute approximate surface area is 48.2 Å². The van der Waals surface area contributed by atoms with Crippen molar-refractivity contribution in [2.45, 2.75) is 0 Å². The van der Waals surface area contributed by atoms with Crippen LogP contribution in [0.5, 0.6) is 0 Å². The molecule has 0 aliphatic carbocycles. The second kappa shape index (κ2) is 2.64. The van der Waals surface area contributed by atoms with Gasteiger partial charge in [0.1, 0.15) is 0 Å². The van der Waals surface area contributed by atoms with E-state index >= 15 is 0 Å². The van der Waals surface area contributed by atoms with Gasteiger partial charge in [-0.25, -0.2) is 0 Å². The van der Waals surface area contributed by atoms with E-state index < -0.39 is 10.4 Å². The molecule has 0 unspecified atom stereocenters. The Morgan fingerprint density at radius 3 is 1.17 bits per heavy atom. The van der Waals surface area contributed by atoms with E-state index in [2.05, 4.69) is 0 Å². The van der Waals surface area contributed by atoms with Crippen LogP contribution in [0.3, 0.4) is 0 Å². The maximum absolute atomic E-state index is 8.74. The van der Waals surface area contributed by atoms with Crippen molar-refractivity contribution in [2.24, 2.45) is 0 Å². The fraction of sp³-hybridized carbons (Fsp3) is 0. The predicted molar refractivity (Wildman–Crippen MR) is 24.1 cm³/mol. The molecule has 2 N–H and O–H groups in total. The quantitative estimate of drug-likeness (QED) is 0.331. The van der Waals surface area contributed by atoms with Gasteiger partial charge in [0.15, 0.2) is 0 Å². The molecule has 0 fully saturated rings. The third kappa shape index (κ3) is 216. The normalized spacial score (nSPS) is 9.67. The van der Waals surface area contributed by atoms with Gasteiger partial charge in [0.25, 0.3) is 0 Å². The topological polar surface area (TPSA) is 74.6 Å². The van der Waals surface area contributed by atoms with Crippen LogP contribution in [0.1, 0.15) is 0 Å². The van der Waals surface area contributed by atoms with Crippen molar-refractivity contribution in [3.05, 3.63) is 0 Å². The summed E-state index contributed by atoms with van der Waals surface area (Å²) in [6.45, 7) is 0. The van der Waals surface area contributed by atoms with Crippen LogP contribution in [0, 0.1) is 0 Å². The first-order valence-corrected chi connectivity index (χ1v) is 2.10. The second-order valence-corrected chi connectivity index (χ2v) is 1.34. The van der Waals surface area contributed by atoms with Crippen molar-refractivity contribution in [3.8, 4) is 0 Å². The van der Waals surface area contributed by atoms with Gasteiger partial charge in [-0.3, -0.25) is 9.11 Å². The molecule has 4 nitrogen and oxygen atoms in total. The first-order chi connectivity index (χ1) is 2.00. The second-order valence-electron chi connectivity index (χ2n) is 0.448. The third-order valence-electron chi connectivity index (χ3n) is 0. The Kier molecular flexibility index (Phi) is 4.28. The zero-order chi connectivity index (χ0) is 4.50. The summed E-state index contributed by atoms with van der Waals surface area (Å²) in [6.07, 6.45) is 0. The Bertz CT molecular complexity index is 90.7. The maximum atomic E-state index is 8.74. The first kappa shape index (κ1) is 9.71. The first-order valence-electron chi connectivity index (χ1n) is 0.698. The zero-order valence-electron chi connectivity index (χ0n) is 2.12. The van der Waals surface area contributed by atoms with Crippen molar-refractivity contribution in [1.29, 1.82) is 0 Å². The minimum atomic E-state index is -4.67. The number of hydrogen-bond acceptors (Lipinski definition) is 2. The van der Waals surface area contributed by atoms with Crippen LogP contribution in [0.25, 0.3) is 0 Å². The van der Waals surface area contributed by atoms with Crippen LogP contribution in [-0.4, -0.2) is 37.3 Å². The summed E-state index contributed by atoms with van der Waals surface area (Å²) in [7, 11) is -4.67. The molecule has 0 heterocycles. The van der Waals surface area contributed by atoms with Crippen LogP contribution < -0.4 is 0 Å². The average Bonchev–Trinajstić information content (AvgIpc) is 0.722. The number of hydrogen-bond donors (Lipinski definition) is 2. The molecular weight excluding hydrogens is 166 g/mol. The Hall–Kier alpha value is 0.506. The van der Waals surface area contributed by atoms with Crippen LogP contribution in [0.2, 0.25) is 0 Å². The molecule has 0 aromatic heterocycles. The summed E-state index contributed by atoms with van der Waals surface area (Å²) >= 11 is 0. The van der Waals surface area contributed by atoms with Gasteiger partial charge >= 0.3 is 30.2 Å². The van der Waals surface area contributed by atoms with E-state index in [1.165, 1.54) is 0 Å². The van der Waals surface area contributed by atoms with E-state index in [1.54, 1.807) is 0 Å². The van der Waals surface area contributed by atoms with Gasteiger partial charge in [-0.15, -0.1) is 0 Å². The molecule has 0 saturated heterocycles. The van der Waals surface area contributed by atoms with Gasteiger partial charge in [0.2, 0.25) is 0 Å². The summed E-state index contributed by atoms with van der Waals surface area (Å²) in [5.74, 6) is 0. The van der Waals surface area contributed by atoms with E-state index in [0.717, 1.165) is 0 Å². The molecule has 0 bridgehead atoms. The average molecular weight is 171 g/mol. The van der Waals surface area contributed by atoms with E-state index in [-0.39, 0.29) is 19.8 Å². The van der Waals surface area contributed by atoms with Gasteiger partial charge < -0.3 is 0 Å². The summed E-state index contributed by atoms with van der Waals surface area (Å²) < 4.78 is 31.6. The zero-order valence-corrected chi connectivity index (χ0v) is 2.94. The van der Waals surface area contributed by atoms with Crippen molar-refractivity contribution < 1.29 is 17.5 Å². The standard InChI is InChI=1S/Ga.H2O4S.3H/c;1-5(2,3)4;;;/h;(H2,1,2,3,4);;;.